The molecule has 0 saturated carbocycles. The summed E-state index contributed by atoms with van der Waals surface area (Å²) in [6.45, 7) is -0.319. The second-order valence-corrected chi connectivity index (χ2v) is 5.79. The molecule has 3 aromatic rings. The average molecular weight is 380 g/mol. The summed E-state index contributed by atoms with van der Waals surface area (Å²) in [4.78, 5) is 39.1. The van der Waals surface area contributed by atoms with Crippen molar-refractivity contribution >= 4 is 17.3 Å². The molecular formula is C19H16N4O5. The first kappa shape index (κ1) is 18.8. The molecule has 3 rings (SSSR count). The van der Waals surface area contributed by atoms with Gasteiger partial charge in [-0.15, -0.1) is 0 Å². The topological polar surface area (TPSA) is 116 Å². The number of aromatic nitrogens is 2. The molecule has 0 aliphatic carbocycles. The van der Waals surface area contributed by atoms with E-state index in [-0.39, 0.29) is 17.9 Å². The van der Waals surface area contributed by atoms with Crippen molar-refractivity contribution in [1.82, 2.24) is 9.55 Å². The highest BCUT2D eigenvalue weighted by Gasteiger charge is 2.15. The molecule has 0 unspecified atom stereocenters. The monoisotopic (exact) mass is 380 g/mol. The van der Waals surface area contributed by atoms with E-state index in [1.165, 1.54) is 30.6 Å². The molecule has 0 aliphatic heterocycles. The first-order valence-corrected chi connectivity index (χ1v) is 8.22. The Morgan fingerprint density at radius 1 is 1.21 bits per heavy atom. The SMILES string of the molecule is COc1ccc(-c2cc(=O)n(CC(=O)Nc3ccccc3[N+](=O)[O-])cn2)cc1. The fraction of sp³-hybridized carbons (Fsp3) is 0.105. The highest BCUT2D eigenvalue weighted by atomic mass is 16.6. The lowest BCUT2D eigenvalue weighted by molar-refractivity contribution is -0.383. The van der Waals surface area contributed by atoms with E-state index in [1.54, 1.807) is 37.4 Å². The van der Waals surface area contributed by atoms with Crippen LogP contribution in [-0.2, 0) is 11.3 Å². The van der Waals surface area contributed by atoms with E-state index in [9.17, 15) is 19.7 Å². The number of amides is 1. The molecule has 1 heterocycles. The van der Waals surface area contributed by atoms with Gasteiger partial charge < -0.3 is 10.1 Å². The van der Waals surface area contributed by atoms with Crippen LogP contribution in [0.15, 0.2) is 65.7 Å². The third-order valence-corrected chi connectivity index (χ3v) is 3.95. The Morgan fingerprint density at radius 3 is 2.57 bits per heavy atom. The zero-order chi connectivity index (χ0) is 20.1. The van der Waals surface area contributed by atoms with Gasteiger partial charge in [-0.1, -0.05) is 12.1 Å². The first-order chi connectivity index (χ1) is 13.5. The van der Waals surface area contributed by atoms with Crippen molar-refractivity contribution in [2.24, 2.45) is 0 Å². The quantitative estimate of drug-likeness (QED) is 0.519. The fourth-order valence-corrected chi connectivity index (χ4v) is 2.55. The fourth-order valence-electron chi connectivity index (χ4n) is 2.55. The van der Waals surface area contributed by atoms with E-state index >= 15 is 0 Å². The van der Waals surface area contributed by atoms with Crippen LogP contribution in [0.4, 0.5) is 11.4 Å². The lowest BCUT2D eigenvalue weighted by atomic mass is 10.1. The number of carbonyl (C=O) groups excluding carboxylic acids is 1. The number of carbonyl (C=O) groups is 1. The molecule has 1 amide bonds. The number of benzene rings is 2. The van der Waals surface area contributed by atoms with Gasteiger partial charge in [0.05, 0.1) is 24.1 Å². The van der Waals surface area contributed by atoms with Gasteiger partial charge in [-0.2, -0.15) is 0 Å². The van der Waals surface area contributed by atoms with Gasteiger partial charge in [0.2, 0.25) is 5.91 Å². The van der Waals surface area contributed by atoms with E-state index in [0.717, 1.165) is 10.1 Å². The van der Waals surface area contributed by atoms with Crippen LogP contribution < -0.4 is 15.6 Å². The largest absolute Gasteiger partial charge is 0.497 e. The number of ether oxygens (including phenoxy) is 1. The molecule has 1 aromatic heterocycles. The summed E-state index contributed by atoms with van der Waals surface area (Å²) in [5.41, 5.74) is 0.612. The summed E-state index contributed by atoms with van der Waals surface area (Å²) in [7, 11) is 1.56. The zero-order valence-electron chi connectivity index (χ0n) is 14.9. The van der Waals surface area contributed by atoms with Crippen LogP contribution >= 0.6 is 0 Å². The van der Waals surface area contributed by atoms with Crippen LogP contribution in [-0.4, -0.2) is 27.5 Å². The number of nitrogens with zero attached hydrogens (tertiary/aromatic N) is 3. The van der Waals surface area contributed by atoms with Gasteiger partial charge in [0, 0.05) is 17.7 Å². The number of nitro benzene ring substituents is 1. The molecule has 0 radical (unpaired) electrons. The number of rotatable bonds is 6. The Kier molecular flexibility index (Phi) is 5.45. The minimum absolute atomic E-state index is 0.0633. The Hall–Kier alpha value is -4.01. The standard InChI is InChI=1S/C19H16N4O5/c1-28-14-8-6-13(7-9-14)16-10-19(25)22(12-20-16)11-18(24)21-15-4-2-3-5-17(15)23(26)27/h2-10,12H,11H2,1H3,(H,21,24). The molecular weight excluding hydrogens is 364 g/mol. The lowest BCUT2D eigenvalue weighted by Crippen LogP contribution is -2.27. The van der Waals surface area contributed by atoms with Crippen molar-refractivity contribution in [1.29, 1.82) is 0 Å². The van der Waals surface area contributed by atoms with Gasteiger partial charge in [0.1, 0.15) is 18.0 Å². The van der Waals surface area contributed by atoms with Crippen molar-refractivity contribution in [2.45, 2.75) is 6.54 Å². The van der Waals surface area contributed by atoms with Crippen LogP contribution in [0, 0.1) is 10.1 Å². The van der Waals surface area contributed by atoms with Gasteiger partial charge >= 0.3 is 0 Å². The predicted octanol–water partition coefficient (Wildman–Crippen LogP) is 2.47. The number of nitro groups is 1. The minimum Gasteiger partial charge on any atom is -0.497 e. The van der Waals surface area contributed by atoms with E-state index in [2.05, 4.69) is 10.3 Å². The summed E-state index contributed by atoms with van der Waals surface area (Å²) in [5.74, 6) is 0.110. The first-order valence-electron chi connectivity index (χ1n) is 8.22. The van der Waals surface area contributed by atoms with Crippen molar-refractivity contribution < 1.29 is 14.5 Å². The highest BCUT2D eigenvalue weighted by Crippen LogP contribution is 2.23. The van der Waals surface area contributed by atoms with Gasteiger partial charge in [-0.25, -0.2) is 4.98 Å². The van der Waals surface area contributed by atoms with Crippen LogP contribution in [0.2, 0.25) is 0 Å². The van der Waals surface area contributed by atoms with Crippen molar-refractivity contribution in [3.63, 3.8) is 0 Å². The molecule has 0 bridgehead atoms. The molecule has 0 aliphatic rings. The molecule has 0 atom stereocenters. The Labute approximate surface area is 159 Å². The van der Waals surface area contributed by atoms with Crippen molar-refractivity contribution in [2.75, 3.05) is 12.4 Å². The molecule has 0 saturated heterocycles. The second-order valence-electron chi connectivity index (χ2n) is 5.79. The van der Waals surface area contributed by atoms with Gasteiger partial charge in [0.15, 0.2) is 0 Å². The number of nitrogens with one attached hydrogen (secondary N) is 1. The Balaban J connectivity index is 1.75. The van der Waals surface area contributed by atoms with Crippen LogP contribution in [0.25, 0.3) is 11.3 Å². The maximum atomic E-state index is 12.3. The second kappa shape index (κ2) is 8.12. The average Bonchev–Trinajstić information content (AvgIpc) is 2.70. The number of anilines is 1. The Bertz CT molecular complexity index is 1080. The molecule has 2 aromatic carbocycles. The van der Waals surface area contributed by atoms with Crippen molar-refractivity contribution in [3.8, 4) is 17.0 Å². The molecule has 0 fully saturated rings. The number of methoxy groups -OCH3 is 1. The summed E-state index contributed by atoms with van der Waals surface area (Å²) in [6, 6.07) is 14.1. The maximum Gasteiger partial charge on any atom is 0.292 e. The van der Waals surface area contributed by atoms with Crippen LogP contribution in [0.3, 0.4) is 0 Å². The van der Waals surface area contributed by atoms with Gasteiger partial charge in [-0.3, -0.25) is 24.3 Å². The van der Waals surface area contributed by atoms with Crippen LogP contribution in [0.5, 0.6) is 5.75 Å². The number of hydrogen-bond donors (Lipinski definition) is 1. The molecule has 1 N–H and O–H groups in total. The summed E-state index contributed by atoms with van der Waals surface area (Å²) < 4.78 is 6.21. The lowest BCUT2D eigenvalue weighted by Gasteiger charge is -2.08. The molecule has 28 heavy (non-hydrogen) atoms. The van der Waals surface area contributed by atoms with Gasteiger partial charge in [-0.05, 0) is 30.3 Å². The molecule has 9 heteroatoms. The third kappa shape index (κ3) is 4.21. The molecule has 142 valence electrons. The van der Waals surface area contributed by atoms with E-state index in [4.69, 9.17) is 4.74 Å². The summed E-state index contributed by atoms with van der Waals surface area (Å²) >= 11 is 0. The van der Waals surface area contributed by atoms with Crippen LogP contribution in [0.1, 0.15) is 0 Å². The summed E-state index contributed by atoms with van der Waals surface area (Å²) in [6.07, 6.45) is 1.26. The normalized spacial score (nSPS) is 10.3. The third-order valence-electron chi connectivity index (χ3n) is 3.95. The minimum atomic E-state index is -0.590. The summed E-state index contributed by atoms with van der Waals surface area (Å²) in [5, 5.41) is 13.5. The smallest absolute Gasteiger partial charge is 0.292 e. The van der Waals surface area contributed by atoms with Crippen molar-refractivity contribution in [3.05, 3.63) is 81.4 Å². The van der Waals surface area contributed by atoms with Gasteiger partial charge in [0.25, 0.3) is 11.2 Å². The molecule has 0 spiro atoms. The van der Waals surface area contributed by atoms with E-state index < -0.39 is 16.4 Å². The number of para-hydroxylation sites is 2. The van der Waals surface area contributed by atoms with E-state index in [1.807, 2.05) is 0 Å². The zero-order valence-corrected chi connectivity index (χ0v) is 14.9. The maximum absolute atomic E-state index is 12.3. The van der Waals surface area contributed by atoms with E-state index in [0.29, 0.717) is 11.4 Å². The molecule has 9 nitrogen and oxygen atoms in total. The predicted molar refractivity (Wildman–Crippen MR) is 102 cm³/mol. The number of hydrogen-bond acceptors (Lipinski definition) is 6. The Morgan fingerprint density at radius 2 is 1.93 bits per heavy atom. The highest BCUT2D eigenvalue weighted by molar-refractivity contribution is 5.92.